The molecule has 100 valence electrons. The van der Waals surface area contributed by atoms with Crippen LogP contribution in [0.15, 0.2) is 0 Å². The zero-order chi connectivity index (χ0) is 12.6. The van der Waals surface area contributed by atoms with Crippen molar-refractivity contribution >= 4 is 0 Å². The molecule has 3 heterocycles. The van der Waals surface area contributed by atoms with Gasteiger partial charge in [0.15, 0.2) is 0 Å². The van der Waals surface area contributed by atoms with Gasteiger partial charge in [-0.05, 0) is 38.6 Å². The van der Waals surface area contributed by atoms with Crippen LogP contribution in [0.4, 0.5) is 0 Å². The Morgan fingerprint density at radius 1 is 1.17 bits per heavy atom. The maximum Gasteiger partial charge on any atom is 0.100 e. The monoisotopic (exact) mass is 250 g/mol. The molecule has 0 bridgehead atoms. The van der Waals surface area contributed by atoms with Crippen molar-refractivity contribution in [3.8, 4) is 6.07 Å². The van der Waals surface area contributed by atoms with E-state index in [0.717, 1.165) is 25.9 Å². The van der Waals surface area contributed by atoms with Crippen molar-refractivity contribution in [2.24, 2.45) is 5.41 Å². The SMILES string of the molecule is N#CC1(C2(O)CCN3CCCCC32)CCOCC1. The summed E-state index contributed by atoms with van der Waals surface area (Å²) in [7, 11) is 0. The van der Waals surface area contributed by atoms with Crippen molar-refractivity contribution in [2.45, 2.75) is 50.2 Å². The number of nitriles is 1. The number of nitrogens with zero attached hydrogens (tertiary/aromatic N) is 2. The highest BCUT2D eigenvalue weighted by Gasteiger charge is 2.60. The van der Waals surface area contributed by atoms with Crippen LogP contribution in [0.5, 0.6) is 0 Å². The van der Waals surface area contributed by atoms with Crippen LogP contribution >= 0.6 is 0 Å². The van der Waals surface area contributed by atoms with E-state index in [0.29, 0.717) is 26.1 Å². The van der Waals surface area contributed by atoms with Crippen molar-refractivity contribution in [3.63, 3.8) is 0 Å². The largest absolute Gasteiger partial charge is 0.387 e. The van der Waals surface area contributed by atoms with Gasteiger partial charge in [-0.2, -0.15) is 5.26 Å². The Morgan fingerprint density at radius 2 is 1.94 bits per heavy atom. The van der Waals surface area contributed by atoms with Crippen LogP contribution in [0.25, 0.3) is 0 Å². The lowest BCUT2D eigenvalue weighted by Crippen LogP contribution is -2.58. The molecule has 3 saturated heterocycles. The molecule has 2 unspecified atom stereocenters. The summed E-state index contributed by atoms with van der Waals surface area (Å²) in [4.78, 5) is 2.40. The molecule has 0 amide bonds. The summed E-state index contributed by atoms with van der Waals surface area (Å²) in [6.45, 7) is 3.27. The zero-order valence-corrected chi connectivity index (χ0v) is 10.9. The maximum atomic E-state index is 11.2. The number of fused-ring (bicyclic) bond motifs is 1. The molecule has 4 heteroatoms. The van der Waals surface area contributed by atoms with Crippen molar-refractivity contribution in [2.75, 3.05) is 26.3 Å². The van der Waals surface area contributed by atoms with Gasteiger partial charge in [0.05, 0.1) is 11.5 Å². The quantitative estimate of drug-likeness (QED) is 0.762. The van der Waals surface area contributed by atoms with Gasteiger partial charge in [0.25, 0.3) is 0 Å². The molecule has 0 aromatic carbocycles. The first-order valence-electron chi connectivity index (χ1n) is 7.17. The van der Waals surface area contributed by atoms with Gasteiger partial charge in [0.2, 0.25) is 0 Å². The highest BCUT2D eigenvalue weighted by atomic mass is 16.5. The fraction of sp³-hybridized carbons (Fsp3) is 0.929. The van der Waals surface area contributed by atoms with Gasteiger partial charge in [-0.3, -0.25) is 4.90 Å². The predicted octanol–water partition coefficient (Wildman–Crippen LogP) is 1.30. The topological polar surface area (TPSA) is 56.5 Å². The minimum atomic E-state index is -0.814. The van der Waals surface area contributed by atoms with Gasteiger partial charge >= 0.3 is 0 Å². The van der Waals surface area contributed by atoms with E-state index >= 15 is 0 Å². The van der Waals surface area contributed by atoms with E-state index in [1.54, 1.807) is 0 Å². The number of hydrogen-bond donors (Lipinski definition) is 1. The molecule has 3 aliphatic rings. The van der Waals surface area contributed by atoms with E-state index < -0.39 is 11.0 Å². The van der Waals surface area contributed by atoms with E-state index in [1.807, 2.05) is 0 Å². The number of hydrogen-bond acceptors (Lipinski definition) is 4. The highest BCUT2D eigenvalue weighted by molar-refractivity contribution is 5.19. The number of piperidine rings is 1. The molecule has 0 aromatic heterocycles. The summed E-state index contributed by atoms with van der Waals surface area (Å²) < 4.78 is 5.39. The molecule has 18 heavy (non-hydrogen) atoms. The van der Waals surface area contributed by atoms with E-state index in [-0.39, 0.29) is 6.04 Å². The van der Waals surface area contributed by atoms with Crippen molar-refractivity contribution < 1.29 is 9.84 Å². The summed E-state index contributed by atoms with van der Waals surface area (Å²) in [5.74, 6) is 0. The fourth-order valence-corrected chi connectivity index (χ4v) is 4.20. The molecule has 1 N–H and O–H groups in total. The highest BCUT2D eigenvalue weighted by Crippen LogP contribution is 2.50. The van der Waals surface area contributed by atoms with E-state index in [2.05, 4.69) is 11.0 Å². The van der Waals surface area contributed by atoms with Crippen molar-refractivity contribution in [3.05, 3.63) is 0 Å². The van der Waals surface area contributed by atoms with Crippen molar-refractivity contribution in [1.82, 2.24) is 4.90 Å². The number of rotatable bonds is 1. The lowest BCUT2D eigenvalue weighted by Gasteiger charge is -2.48. The lowest BCUT2D eigenvalue weighted by atomic mass is 9.63. The molecule has 0 aliphatic carbocycles. The summed E-state index contributed by atoms with van der Waals surface area (Å²) in [6.07, 6.45) is 5.58. The molecule has 0 radical (unpaired) electrons. The van der Waals surface area contributed by atoms with Crippen LogP contribution in [0.3, 0.4) is 0 Å². The maximum absolute atomic E-state index is 11.2. The van der Waals surface area contributed by atoms with Gasteiger partial charge in [-0.15, -0.1) is 0 Å². The summed E-state index contributed by atoms with van der Waals surface area (Å²) in [6, 6.07) is 2.67. The Bertz CT molecular complexity index is 359. The van der Waals surface area contributed by atoms with Crippen LogP contribution in [0, 0.1) is 16.7 Å². The summed E-state index contributed by atoms with van der Waals surface area (Å²) in [5, 5.41) is 20.9. The zero-order valence-electron chi connectivity index (χ0n) is 10.9. The smallest absolute Gasteiger partial charge is 0.100 e. The van der Waals surface area contributed by atoms with Gasteiger partial charge in [-0.25, -0.2) is 0 Å². The van der Waals surface area contributed by atoms with Crippen LogP contribution in [-0.4, -0.2) is 48.0 Å². The van der Waals surface area contributed by atoms with Crippen molar-refractivity contribution in [1.29, 1.82) is 5.26 Å². The molecule has 0 aromatic rings. The predicted molar refractivity (Wildman–Crippen MR) is 66.9 cm³/mol. The minimum Gasteiger partial charge on any atom is -0.387 e. The Kier molecular flexibility index (Phi) is 3.09. The second kappa shape index (κ2) is 4.48. The molecule has 3 rings (SSSR count). The number of ether oxygens (including phenoxy) is 1. The summed E-state index contributed by atoms with van der Waals surface area (Å²) in [5.41, 5.74) is -1.39. The third kappa shape index (κ3) is 1.61. The lowest BCUT2D eigenvalue weighted by molar-refractivity contribution is -0.124. The van der Waals surface area contributed by atoms with Gasteiger partial charge in [-0.1, -0.05) is 6.42 Å². The normalized spacial score (nSPS) is 40.1. The van der Waals surface area contributed by atoms with Gasteiger partial charge in [0, 0.05) is 25.8 Å². The fourth-order valence-electron chi connectivity index (χ4n) is 4.20. The van der Waals surface area contributed by atoms with Crippen LogP contribution in [0.1, 0.15) is 38.5 Å². The van der Waals surface area contributed by atoms with E-state index in [1.165, 1.54) is 12.8 Å². The van der Waals surface area contributed by atoms with Gasteiger partial charge < -0.3 is 9.84 Å². The van der Waals surface area contributed by atoms with Gasteiger partial charge in [0.1, 0.15) is 5.60 Å². The molecule has 3 aliphatic heterocycles. The Labute approximate surface area is 109 Å². The third-order valence-corrected chi connectivity index (χ3v) is 5.33. The average molecular weight is 250 g/mol. The average Bonchev–Trinajstić information content (AvgIpc) is 2.79. The Balaban J connectivity index is 1.90. The molecule has 0 saturated carbocycles. The van der Waals surface area contributed by atoms with Crippen LogP contribution < -0.4 is 0 Å². The second-order valence-corrected chi connectivity index (χ2v) is 6.03. The molecule has 0 spiro atoms. The molecular weight excluding hydrogens is 228 g/mol. The molecule has 4 nitrogen and oxygen atoms in total. The standard InChI is InChI=1S/C14H22N2O2/c15-11-13(5-9-18-10-6-13)14(17)4-8-16-7-2-1-3-12(14)16/h12,17H,1-10H2. The summed E-state index contributed by atoms with van der Waals surface area (Å²) >= 11 is 0. The third-order valence-electron chi connectivity index (χ3n) is 5.33. The molecular formula is C14H22N2O2. The van der Waals surface area contributed by atoms with E-state index in [9.17, 15) is 10.4 Å². The van der Waals surface area contributed by atoms with Crippen LogP contribution in [-0.2, 0) is 4.74 Å². The minimum absolute atomic E-state index is 0.198. The molecule has 3 fully saturated rings. The Morgan fingerprint density at radius 3 is 2.67 bits per heavy atom. The number of aliphatic hydroxyl groups is 1. The van der Waals surface area contributed by atoms with E-state index in [4.69, 9.17) is 4.74 Å². The first kappa shape index (κ1) is 12.4. The van der Waals surface area contributed by atoms with Crippen LogP contribution in [0.2, 0.25) is 0 Å². The molecule has 2 atom stereocenters. The first-order chi connectivity index (χ1) is 8.72. The first-order valence-corrected chi connectivity index (χ1v) is 7.17. The second-order valence-electron chi connectivity index (χ2n) is 6.03. The Hall–Kier alpha value is -0.630.